The van der Waals surface area contributed by atoms with E-state index < -0.39 is 0 Å². The van der Waals surface area contributed by atoms with E-state index in [1.807, 2.05) is 10.3 Å². The lowest BCUT2D eigenvalue weighted by atomic mass is 10.1. The average molecular weight is 442 g/mol. The van der Waals surface area contributed by atoms with Gasteiger partial charge in [-0.15, -0.1) is 11.3 Å². The largest absolute Gasteiger partial charge is 0.485 e. The minimum absolute atomic E-state index is 0.0773. The second-order valence-electron chi connectivity index (χ2n) is 6.94. The lowest BCUT2D eigenvalue weighted by Crippen LogP contribution is -2.39. The van der Waals surface area contributed by atoms with Gasteiger partial charge in [-0.2, -0.15) is 0 Å². The van der Waals surface area contributed by atoms with Crippen molar-refractivity contribution < 1.29 is 9.53 Å². The van der Waals surface area contributed by atoms with Crippen LogP contribution in [0, 0.1) is 0 Å². The number of nitrogens with zero attached hydrogens (tertiary/aromatic N) is 3. The zero-order valence-corrected chi connectivity index (χ0v) is 18.3. The standard InChI is InChI=1S/C20H25Cl2N3O2S/c1-15(26)25(10-9-24-7-3-2-4-8-24)12-17-14-28-20(23-17)13-27-19-11-16(21)5-6-18(19)22/h5-6,11,14H,2-4,7-10,12-13H2,1H3. The van der Waals surface area contributed by atoms with Gasteiger partial charge in [0.25, 0.3) is 0 Å². The predicted molar refractivity (Wildman–Crippen MR) is 114 cm³/mol. The summed E-state index contributed by atoms with van der Waals surface area (Å²) in [6.07, 6.45) is 3.83. The summed E-state index contributed by atoms with van der Waals surface area (Å²) < 4.78 is 5.74. The lowest BCUT2D eigenvalue weighted by molar-refractivity contribution is -0.129. The molecule has 2 aromatic rings. The van der Waals surface area contributed by atoms with Crippen molar-refractivity contribution in [3.8, 4) is 5.75 Å². The molecular formula is C20H25Cl2N3O2S. The van der Waals surface area contributed by atoms with Crippen LogP contribution in [0.4, 0.5) is 0 Å². The number of halogens is 2. The van der Waals surface area contributed by atoms with Gasteiger partial charge in [-0.3, -0.25) is 4.79 Å². The third-order valence-corrected chi connectivity index (χ3v) is 6.20. The monoisotopic (exact) mass is 441 g/mol. The fourth-order valence-corrected chi connectivity index (χ4v) is 4.23. The Morgan fingerprint density at radius 2 is 2.07 bits per heavy atom. The highest BCUT2D eigenvalue weighted by atomic mass is 35.5. The molecule has 1 aliphatic heterocycles. The number of carbonyl (C=O) groups excluding carboxylic acids is 1. The molecule has 0 saturated carbocycles. The van der Waals surface area contributed by atoms with Crippen LogP contribution >= 0.6 is 34.5 Å². The SMILES string of the molecule is CC(=O)N(CCN1CCCCC1)Cc1csc(COc2cc(Cl)ccc2Cl)n1. The molecule has 0 bridgehead atoms. The number of hydrogen-bond acceptors (Lipinski definition) is 5. The smallest absolute Gasteiger partial charge is 0.219 e. The van der Waals surface area contributed by atoms with Crippen molar-refractivity contribution in [1.82, 2.24) is 14.8 Å². The van der Waals surface area contributed by atoms with E-state index in [2.05, 4.69) is 9.88 Å². The number of likely N-dealkylation sites (tertiary alicyclic amines) is 1. The van der Waals surface area contributed by atoms with Crippen LogP contribution in [0.1, 0.15) is 36.9 Å². The predicted octanol–water partition coefficient (Wildman–Crippen LogP) is 4.86. The summed E-state index contributed by atoms with van der Waals surface area (Å²) in [6.45, 7) is 6.39. The van der Waals surface area contributed by atoms with E-state index in [0.717, 1.165) is 36.9 Å². The lowest BCUT2D eigenvalue weighted by Gasteiger charge is -2.29. The molecule has 0 unspecified atom stereocenters. The molecule has 1 fully saturated rings. The summed E-state index contributed by atoms with van der Waals surface area (Å²) in [5, 5.41) is 3.91. The van der Waals surface area contributed by atoms with Gasteiger partial charge >= 0.3 is 0 Å². The molecule has 152 valence electrons. The van der Waals surface area contributed by atoms with Gasteiger partial charge in [0.2, 0.25) is 5.91 Å². The number of aromatic nitrogens is 1. The first-order chi connectivity index (χ1) is 13.5. The zero-order valence-electron chi connectivity index (χ0n) is 16.0. The van der Waals surface area contributed by atoms with Crippen molar-refractivity contribution in [2.75, 3.05) is 26.2 Å². The summed E-state index contributed by atoms with van der Waals surface area (Å²) in [4.78, 5) is 20.9. The van der Waals surface area contributed by atoms with E-state index in [9.17, 15) is 4.79 Å². The maximum absolute atomic E-state index is 12.0. The van der Waals surface area contributed by atoms with Crippen LogP contribution in [0.5, 0.6) is 5.75 Å². The quantitative estimate of drug-likeness (QED) is 0.586. The Kier molecular flexibility index (Phi) is 7.97. The van der Waals surface area contributed by atoms with Gasteiger partial charge in [0.15, 0.2) is 0 Å². The Bertz CT molecular complexity index is 794. The number of carbonyl (C=O) groups is 1. The molecule has 1 aromatic heterocycles. The summed E-state index contributed by atoms with van der Waals surface area (Å²) >= 11 is 13.6. The van der Waals surface area contributed by atoms with Crippen LogP contribution < -0.4 is 4.74 Å². The molecule has 0 N–H and O–H groups in total. The summed E-state index contributed by atoms with van der Waals surface area (Å²) in [6, 6.07) is 5.12. The van der Waals surface area contributed by atoms with Crippen molar-refractivity contribution in [2.45, 2.75) is 39.3 Å². The Morgan fingerprint density at radius 3 is 2.82 bits per heavy atom. The molecule has 0 radical (unpaired) electrons. The number of hydrogen-bond donors (Lipinski definition) is 0. The van der Waals surface area contributed by atoms with Crippen LogP contribution in [0.2, 0.25) is 10.0 Å². The van der Waals surface area contributed by atoms with E-state index >= 15 is 0 Å². The molecule has 1 amide bonds. The molecular weight excluding hydrogens is 417 g/mol. The number of piperidine rings is 1. The number of benzene rings is 1. The molecule has 5 nitrogen and oxygen atoms in total. The number of rotatable bonds is 8. The van der Waals surface area contributed by atoms with E-state index in [1.54, 1.807) is 25.1 Å². The topological polar surface area (TPSA) is 45.7 Å². The van der Waals surface area contributed by atoms with Gasteiger partial charge in [0.05, 0.1) is 17.3 Å². The van der Waals surface area contributed by atoms with E-state index in [4.69, 9.17) is 27.9 Å². The molecule has 2 heterocycles. The number of amides is 1. The minimum Gasteiger partial charge on any atom is -0.485 e. The Morgan fingerprint density at radius 1 is 1.29 bits per heavy atom. The maximum Gasteiger partial charge on any atom is 0.219 e. The highest BCUT2D eigenvalue weighted by molar-refractivity contribution is 7.09. The number of thiazole rings is 1. The van der Waals surface area contributed by atoms with Gasteiger partial charge in [-0.05, 0) is 38.1 Å². The van der Waals surface area contributed by atoms with Crippen LogP contribution in [0.3, 0.4) is 0 Å². The third-order valence-electron chi connectivity index (χ3n) is 4.78. The third kappa shape index (κ3) is 6.34. The molecule has 3 rings (SSSR count). The molecule has 28 heavy (non-hydrogen) atoms. The summed E-state index contributed by atoms with van der Waals surface area (Å²) in [5.41, 5.74) is 0.884. The number of ether oxygens (including phenoxy) is 1. The van der Waals surface area contributed by atoms with E-state index in [0.29, 0.717) is 28.9 Å². The summed E-state index contributed by atoms with van der Waals surface area (Å²) in [5.74, 6) is 0.617. The highest BCUT2D eigenvalue weighted by Crippen LogP contribution is 2.28. The first-order valence-corrected chi connectivity index (χ1v) is 11.1. The summed E-state index contributed by atoms with van der Waals surface area (Å²) in [7, 11) is 0. The molecule has 8 heteroatoms. The Hall–Kier alpha value is -1.34. The minimum atomic E-state index is 0.0773. The van der Waals surface area contributed by atoms with Gasteiger partial charge < -0.3 is 14.5 Å². The van der Waals surface area contributed by atoms with Crippen LogP contribution in [-0.4, -0.2) is 46.9 Å². The van der Waals surface area contributed by atoms with Crippen molar-refractivity contribution in [2.24, 2.45) is 0 Å². The van der Waals surface area contributed by atoms with Gasteiger partial charge in [-0.25, -0.2) is 4.98 Å². The average Bonchev–Trinajstić information content (AvgIpc) is 3.14. The van der Waals surface area contributed by atoms with Crippen molar-refractivity contribution in [3.05, 3.63) is 44.3 Å². The molecule has 1 aliphatic rings. The van der Waals surface area contributed by atoms with E-state index in [1.165, 1.54) is 30.6 Å². The molecule has 1 aromatic carbocycles. The Labute approximate surface area is 180 Å². The van der Waals surface area contributed by atoms with Crippen molar-refractivity contribution >= 4 is 40.4 Å². The zero-order chi connectivity index (χ0) is 19.9. The Balaban J connectivity index is 1.52. The second-order valence-corrected chi connectivity index (χ2v) is 8.73. The van der Waals surface area contributed by atoms with Gasteiger partial charge in [0, 0.05) is 36.5 Å². The molecule has 0 atom stereocenters. The first-order valence-electron chi connectivity index (χ1n) is 9.50. The molecule has 0 aliphatic carbocycles. The first kappa shape index (κ1) is 21.4. The second kappa shape index (κ2) is 10.4. The van der Waals surface area contributed by atoms with Gasteiger partial charge in [0.1, 0.15) is 17.4 Å². The van der Waals surface area contributed by atoms with Crippen molar-refractivity contribution in [3.63, 3.8) is 0 Å². The van der Waals surface area contributed by atoms with Crippen molar-refractivity contribution in [1.29, 1.82) is 0 Å². The maximum atomic E-state index is 12.0. The normalized spacial score (nSPS) is 14.8. The van der Waals surface area contributed by atoms with Crippen LogP contribution in [-0.2, 0) is 17.9 Å². The molecule has 0 spiro atoms. The van der Waals surface area contributed by atoms with Crippen LogP contribution in [0.25, 0.3) is 0 Å². The fraction of sp³-hybridized carbons (Fsp3) is 0.500. The van der Waals surface area contributed by atoms with Gasteiger partial charge in [-0.1, -0.05) is 29.6 Å². The highest BCUT2D eigenvalue weighted by Gasteiger charge is 2.16. The van der Waals surface area contributed by atoms with Crippen LogP contribution in [0.15, 0.2) is 23.6 Å². The van der Waals surface area contributed by atoms with E-state index in [-0.39, 0.29) is 5.91 Å². The molecule has 1 saturated heterocycles. The fourth-order valence-electron chi connectivity index (χ4n) is 3.20.